The number of halogens is 1. The molecule has 3 aromatic rings. The van der Waals surface area contributed by atoms with Gasteiger partial charge in [0, 0.05) is 18.9 Å². The van der Waals surface area contributed by atoms with Crippen LogP contribution in [0.25, 0.3) is 0 Å². The van der Waals surface area contributed by atoms with Crippen molar-refractivity contribution in [1.82, 2.24) is 9.13 Å². The quantitative estimate of drug-likeness (QED) is 0.361. The second kappa shape index (κ2) is 12.6. The predicted molar refractivity (Wildman–Crippen MR) is 137 cm³/mol. The topological polar surface area (TPSA) is 115 Å². The van der Waals surface area contributed by atoms with Crippen molar-refractivity contribution >= 4 is 11.9 Å². The maximum atomic E-state index is 14.7. The molecule has 0 N–H and O–H groups in total. The summed E-state index contributed by atoms with van der Waals surface area (Å²) >= 11 is 0. The van der Waals surface area contributed by atoms with E-state index in [0.717, 1.165) is 16.6 Å². The molecule has 0 radical (unpaired) electrons. The zero-order valence-electron chi connectivity index (χ0n) is 21.6. The highest BCUT2D eigenvalue weighted by molar-refractivity contribution is 5.95. The molecule has 10 nitrogen and oxygen atoms in total. The van der Waals surface area contributed by atoms with Gasteiger partial charge in [-0.3, -0.25) is 19.0 Å². The van der Waals surface area contributed by atoms with Crippen LogP contribution >= 0.6 is 0 Å². The molecule has 0 saturated carbocycles. The third kappa shape index (κ3) is 6.68. The molecule has 1 aliphatic heterocycles. The van der Waals surface area contributed by atoms with Crippen LogP contribution in [0.15, 0.2) is 70.4 Å². The van der Waals surface area contributed by atoms with E-state index in [-0.39, 0.29) is 29.8 Å². The monoisotopic (exact) mass is 540 g/mol. The number of benzene rings is 2. The summed E-state index contributed by atoms with van der Waals surface area (Å²) in [7, 11) is 0. The molecule has 1 fully saturated rings. The zero-order chi connectivity index (χ0) is 27.9. The van der Waals surface area contributed by atoms with Gasteiger partial charge in [-0.25, -0.2) is 4.79 Å². The van der Waals surface area contributed by atoms with Crippen LogP contribution in [0.2, 0.25) is 0 Å². The lowest BCUT2D eigenvalue weighted by Gasteiger charge is -2.18. The highest BCUT2D eigenvalue weighted by atomic mass is 19.1. The van der Waals surface area contributed by atoms with Crippen molar-refractivity contribution in [2.75, 3.05) is 13.2 Å². The minimum Gasteiger partial charge on any atom is -0.494 e. The third-order valence-corrected chi connectivity index (χ3v) is 6.10. The summed E-state index contributed by atoms with van der Waals surface area (Å²) in [6, 6.07) is 15.2. The van der Waals surface area contributed by atoms with E-state index in [1.807, 2.05) is 37.3 Å². The number of nitrogens with zero attached hydrogens (tertiary/aromatic N) is 2. The van der Waals surface area contributed by atoms with Gasteiger partial charge in [0.2, 0.25) is 5.82 Å². The summed E-state index contributed by atoms with van der Waals surface area (Å²) in [6.07, 6.45) is -0.905. The van der Waals surface area contributed by atoms with Gasteiger partial charge in [0.25, 0.3) is 11.5 Å². The highest BCUT2D eigenvalue weighted by Gasteiger charge is 2.39. The SMILES string of the molecule is CCCOc1ccc(C(=O)n2c(=O)c(F)cn([C@@H]3CC(OCc4ccccc4)[C@H](COC(C)=O)O3)c2=O)cc1. The van der Waals surface area contributed by atoms with Crippen molar-refractivity contribution in [3.8, 4) is 5.75 Å². The lowest BCUT2D eigenvalue weighted by molar-refractivity contribution is -0.148. The maximum absolute atomic E-state index is 14.7. The van der Waals surface area contributed by atoms with E-state index in [2.05, 4.69) is 0 Å². The van der Waals surface area contributed by atoms with E-state index < -0.39 is 47.4 Å². The molecule has 206 valence electrons. The number of hydrogen-bond donors (Lipinski definition) is 0. The zero-order valence-corrected chi connectivity index (χ0v) is 21.6. The molecule has 3 atom stereocenters. The summed E-state index contributed by atoms with van der Waals surface area (Å²) in [5.74, 6) is -2.32. The van der Waals surface area contributed by atoms with E-state index >= 15 is 0 Å². The largest absolute Gasteiger partial charge is 0.494 e. The molecule has 2 aromatic carbocycles. The molecule has 1 saturated heterocycles. The fourth-order valence-corrected chi connectivity index (χ4v) is 4.14. The lowest BCUT2D eigenvalue weighted by atomic mass is 10.1. The summed E-state index contributed by atoms with van der Waals surface area (Å²) in [5, 5.41) is 0. The van der Waals surface area contributed by atoms with Crippen LogP contribution in [0.4, 0.5) is 4.39 Å². The van der Waals surface area contributed by atoms with Crippen molar-refractivity contribution in [3.05, 3.63) is 98.6 Å². The summed E-state index contributed by atoms with van der Waals surface area (Å²) in [6.45, 7) is 3.74. The van der Waals surface area contributed by atoms with Crippen LogP contribution in [0.5, 0.6) is 5.75 Å². The molecule has 0 amide bonds. The van der Waals surface area contributed by atoms with Crippen LogP contribution < -0.4 is 16.0 Å². The van der Waals surface area contributed by atoms with Crippen molar-refractivity contribution in [2.45, 2.75) is 51.7 Å². The van der Waals surface area contributed by atoms with E-state index in [4.69, 9.17) is 18.9 Å². The van der Waals surface area contributed by atoms with Gasteiger partial charge in [-0.05, 0) is 36.2 Å². The minimum absolute atomic E-state index is 0.000607. The number of hydrogen-bond acceptors (Lipinski definition) is 8. The van der Waals surface area contributed by atoms with Gasteiger partial charge in [0.1, 0.15) is 24.7 Å². The highest BCUT2D eigenvalue weighted by Crippen LogP contribution is 2.31. The van der Waals surface area contributed by atoms with Crippen LogP contribution in [0, 0.1) is 5.82 Å². The van der Waals surface area contributed by atoms with Crippen molar-refractivity contribution in [3.63, 3.8) is 0 Å². The third-order valence-electron chi connectivity index (χ3n) is 6.10. The van der Waals surface area contributed by atoms with Crippen molar-refractivity contribution < 1.29 is 32.9 Å². The van der Waals surface area contributed by atoms with Gasteiger partial charge < -0.3 is 18.9 Å². The predicted octanol–water partition coefficient (Wildman–Crippen LogP) is 3.06. The average molecular weight is 541 g/mol. The second-order valence-corrected chi connectivity index (χ2v) is 8.99. The van der Waals surface area contributed by atoms with Gasteiger partial charge in [-0.1, -0.05) is 37.3 Å². The molecule has 1 unspecified atom stereocenters. The molecule has 4 rings (SSSR count). The Hall–Kier alpha value is -4.09. The first kappa shape index (κ1) is 27.9. The van der Waals surface area contributed by atoms with Crippen LogP contribution in [-0.4, -0.2) is 46.4 Å². The van der Waals surface area contributed by atoms with Gasteiger partial charge in [0.05, 0.1) is 25.5 Å². The van der Waals surface area contributed by atoms with Gasteiger partial charge in [0.15, 0.2) is 0 Å². The molecule has 1 aromatic heterocycles. The van der Waals surface area contributed by atoms with E-state index in [1.54, 1.807) is 0 Å². The fraction of sp³-hybridized carbons (Fsp3) is 0.357. The standard InChI is InChI=1S/C28H29FN2O8/c1-3-13-36-21-11-9-20(10-12-21)26(33)31-27(34)22(29)15-30(28(31)35)25-14-23(24(39-25)17-37-18(2)32)38-16-19-7-5-4-6-8-19/h4-12,15,23-25H,3,13-14,16-17H2,1-2H3/t23?,24-,25-/m0/s1. The molecule has 11 heteroatoms. The number of rotatable bonds is 10. The molecule has 2 heterocycles. The van der Waals surface area contributed by atoms with Crippen molar-refractivity contribution in [2.24, 2.45) is 0 Å². The summed E-state index contributed by atoms with van der Waals surface area (Å²) in [5.41, 5.74) is -1.56. The number of carbonyl (C=O) groups excluding carboxylic acids is 2. The molecule has 0 aliphatic carbocycles. The summed E-state index contributed by atoms with van der Waals surface area (Å²) < 4.78 is 38.3. The molecular formula is C28H29FN2O8. The fourth-order valence-electron chi connectivity index (χ4n) is 4.14. The first-order chi connectivity index (χ1) is 18.8. The van der Waals surface area contributed by atoms with Crippen LogP contribution in [0.3, 0.4) is 0 Å². The summed E-state index contributed by atoms with van der Waals surface area (Å²) in [4.78, 5) is 50.4. The molecular weight excluding hydrogens is 511 g/mol. The maximum Gasteiger partial charge on any atom is 0.340 e. The Labute approximate surface area is 223 Å². The van der Waals surface area contributed by atoms with Crippen LogP contribution in [0.1, 0.15) is 48.8 Å². The van der Waals surface area contributed by atoms with Gasteiger partial charge >= 0.3 is 11.7 Å². The average Bonchev–Trinajstić information content (AvgIpc) is 3.35. The Bertz CT molecular complexity index is 1420. The normalized spacial score (nSPS) is 18.6. The molecule has 39 heavy (non-hydrogen) atoms. The minimum atomic E-state index is -1.38. The number of esters is 1. The van der Waals surface area contributed by atoms with E-state index in [9.17, 15) is 23.6 Å². The first-order valence-corrected chi connectivity index (χ1v) is 12.5. The Morgan fingerprint density at radius 2 is 1.79 bits per heavy atom. The molecule has 0 spiro atoms. The van der Waals surface area contributed by atoms with Gasteiger partial charge in [-0.2, -0.15) is 8.96 Å². The van der Waals surface area contributed by atoms with E-state index in [0.29, 0.717) is 18.6 Å². The molecule has 0 bridgehead atoms. The Morgan fingerprint density at radius 3 is 2.46 bits per heavy atom. The van der Waals surface area contributed by atoms with Crippen molar-refractivity contribution in [1.29, 1.82) is 0 Å². The first-order valence-electron chi connectivity index (χ1n) is 12.5. The second-order valence-electron chi connectivity index (χ2n) is 8.99. The number of aromatic nitrogens is 2. The van der Waals surface area contributed by atoms with E-state index in [1.165, 1.54) is 31.2 Å². The van der Waals surface area contributed by atoms with Crippen LogP contribution in [-0.2, 0) is 25.6 Å². The number of carbonyl (C=O) groups is 2. The Kier molecular flexibility index (Phi) is 9.05. The lowest BCUT2D eigenvalue weighted by Crippen LogP contribution is -2.46. The van der Waals surface area contributed by atoms with Gasteiger partial charge in [-0.15, -0.1) is 0 Å². The Balaban J connectivity index is 1.60. The smallest absolute Gasteiger partial charge is 0.340 e. The molecule has 1 aliphatic rings. The Morgan fingerprint density at radius 1 is 1.08 bits per heavy atom. The number of ether oxygens (including phenoxy) is 4.